The van der Waals surface area contributed by atoms with Crippen LogP contribution in [0.25, 0.3) is 10.9 Å². The Labute approximate surface area is 122 Å². The molecule has 1 aromatic carbocycles. The van der Waals surface area contributed by atoms with Gasteiger partial charge in [-0.2, -0.15) is 0 Å². The van der Waals surface area contributed by atoms with Gasteiger partial charge in [0, 0.05) is 16.6 Å². The minimum Gasteiger partial charge on any atom is -0.477 e. The second-order valence-electron chi connectivity index (χ2n) is 5.82. The van der Waals surface area contributed by atoms with Crippen LogP contribution >= 0.6 is 0 Å². The molecule has 112 valence electrons. The summed E-state index contributed by atoms with van der Waals surface area (Å²) in [6, 6.07) is 5.13. The Bertz CT molecular complexity index is 710. The lowest BCUT2D eigenvalue weighted by atomic mass is 10.1. The number of aromatic nitrogens is 1. The Morgan fingerprint density at radius 2 is 1.95 bits per heavy atom. The maximum Gasteiger partial charge on any atom is 0.412 e. The monoisotopic (exact) mass is 290 g/mol. The number of carbonyl (C=O) groups is 2. The zero-order chi connectivity index (χ0) is 15.8. The average molecular weight is 290 g/mol. The third-order valence-corrected chi connectivity index (χ3v) is 2.92. The Morgan fingerprint density at radius 3 is 2.52 bits per heavy atom. The second kappa shape index (κ2) is 5.12. The lowest BCUT2D eigenvalue weighted by Gasteiger charge is -2.19. The predicted molar refractivity (Wildman–Crippen MR) is 79.9 cm³/mol. The lowest BCUT2D eigenvalue weighted by Crippen LogP contribution is -2.27. The molecule has 6 heteroatoms. The number of fused-ring (bicyclic) bond motifs is 1. The molecule has 0 bridgehead atoms. The third-order valence-electron chi connectivity index (χ3n) is 2.92. The molecule has 0 fully saturated rings. The summed E-state index contributed by atoms with van der Waals surface area (Å²) >= 11 is 0. The molecule has 1 heterocycles. The first-order chi connectivity index (χ1) is 9.67. The van der Waals surface area contributed by atoms with E-state index in [1.807, 2.05) is 0 Å². The lowest BCUT2D eigenvalue weighted by molar-refractivity contribution is 0.0634. The second-order valence-corrected chi connectivity index (χ2v) is 5.82. The highest BCUT2D eigenvalue weighted by Gasteiger charge is 2.17. The van der Waals surface area contributed by atoms with E-state index in [0.717, 1.165) is 5.39 Å². The number of anilines is 1. The molecule has 0 unspecified atom stereocenters. The normalized spacial score (nSPS) is 11.4. The molecule has 2 rings (SSSR count). The highest BCUT2D eigenvalue weighted by molar-refractivity contribution is 5.99. The van der Waals surface area contributed by atoms with Gasteiger partial charge in [0.25, 0.3) is 0 Å². The van der Waals surface area contributed by atoms with E-state index in [2.05, 4.69) is 10.3 Å². The summed E-state index contributed by atoms with van der Waals surface area (Å²) in [5.74, 6) is -1.01. The van der Waals surface area contributed by atoms with Crippen LogP contribution in [0.4, 0.5) is 10.5 Å². The molecular formula is C15H18N2O4. The summed E-state index contributed by atoms with van der Waals surface area (Å²) in [4.78, 5) is 25.7. The van der Waals surface area contributed by atoms with Crippen LogP contribution in [0.3, 0.4) is 0 Å². The maximum absolute atomic E-state index is 11.7. The molecule has 2 aromatic rings. The van der Waals surface area contributed by atoms with Crippen molar-refractivity contribution < 1.29 is 19.4 Å². The Kier molecular flexibility index (Phi) is 3.63. The fraction of sp³-hybridized carbons (Fsp3) is 0.333. The van der Waals surface area contributed by atoms with Crippen molar-refractivity contribution in [1.82, 2.24) is 4.98 Å². The van der Waals surface area contributed by atoms with Crippen LogP contribution in [0.5, 0.6) is 0 Å². The molecule has 0 atom stereocenters. The van der Waals surface area contributed by atoms with Gasteiger partial charge in [-0.3, -0.25) is 5.32 Å². The van der Waals surface area contributed by atoms with Crippen LogP contribution in [0.15, 0.2) is 18.2 Å². The summed E-state index contributed by atoms with van der Waals surface area (Å²) in [6.45, 7) is 7.07. The zero-order valence-corrected chi connectivity index (χ0v) is 12.4. The van der Waals surface area contributed by atoms with Crippen LogP contribution in [-0.2, 0) is 4.74 Å². The van der Waals surface area contributed by atoms with E-state index >= 15 is 0 Å². The number of amides is 1. The third kappa shape index (κ3) is 3.34. The number of aromatic amines is 1. The molecule has 1 amide bonds. The SMILES string of the molecule is Cc1c(C(=O)O)[nH]c2ccc(NC(=O)OC(C)(C)C)cc12. The molecule has 0 saturated heterocycles. The predicted octanol–water partition coefficient (Wildman–Crippen LogP) is 3.52. The van der Waals surface area contributed by atoms with Crippen molar-refractivity contribution in [2.75, 3.05) is 5.32 Å². The van der Waals surface area contributed by atoms with E-state index in [-0.39, 0.29) is 5.69 Å². The number of rotatable bonds is 2. The van der Waals surface area contributed by atoms with Crippen LogP contribution in [0.2, 0.25) is 0 Å². The Morgan fingerprint density at radius 1 is 1.29 bits per heavy atom. The van der Waals surface area contributed by atoms with Crippen LogP contribution in [0.1, 0.15) is 36.8 Å². The van der Waals surface area contributed by atoms with Gasteiger partial charge in [0.1, 0.15) is 11.3 Å². The number of carboxylic acid groups (broad SMARTS) is 1. The van der Waals surface area contributed by atoms with Gasteiger partial charge in [-0.25, -0.2) is 9.59 Å². The number of ether oxygens (including phenoxy) is 1. The van der Waals surface area contributed by atoms with Gasteiger partial charge >= 0.3 is 12.1 Å². The molecule has 0 radical (unpaired) electrons. The number of benzene rings is 1. The van der Waals surface area contributed by atoms with Gasteiger partial charge < -0.3 is 14.8 Å². The minimum atomic E-state index is -1.01. The highest BCUT2D eigenvalue weighted by atomic mass is 16.6. The van der Waals surface area contributed by atoms with Crippen molar-refractivity contribution in [1.29, 1.82) is 0 Å². The summed E-state index contributed by atoms with van der Waals surface area (Å²) in [5.41, 5.74) is 1.47. The van der Waals surface area contributed by atoms with Gasteiger partial charge in [0.15, 0.2) is 0 Å². The zero-order valence-electron chi connectivity index (χ0n) is 12.4. The van der Waals surface area contributed by atoms with Crippen LogP contribution in [0, 0.1) is 6.92 Å². The molecule has 3 N–H and O–H groups in total. The van der Waals surface area contributed by atoms with E-state index in [1.165, 1.54) is 0 Å². The standard InChI is InChI=1S/C15H18N2O4/c1-8-10-7-9(16-14(20)21-15(2,3)4)5-6-11(10)17-12(8)13(18)19/h5-7,17H,1-4H3,(H,16,20)(H,18,19). The molecule has 0 saturated carbocycles. The summed E-state index contributed by atoms with van der Waals surface area (Å²) in [7, 11) is 0. The van der Waals surface area contributed by atoms with E-state index in [1.54, 1.807) is 45.9 Å². The molecular weight excluding hydrogens is 272 g/mol. The number of nitrogens with one attached hydrogen (secondary N) is 2. The molecule has 0 aliphatic carbocycles. The molecule has 1 aromatic heterocycles. The van der Waals surface area contributed by atoms with Gasteiger partial charge in [-0.05, 0) is 51.5 Å². The first kappa shape index (κ1) is 14.9. The topological polar surface area (TPSA) is 91.4 Å². The first-order valence-electron chi connectivity index (χ1n) is 6.53. The molecule has 0 spiro atoms. The van der Waals surface area contributed by atoms with Gasteiger partial charge in [-0.1, -0.05) is 0 Å². The number of aromatic carboxylic acids is 1. The van der Waals surface area contributed by atoms with Crippen molar-refractivity contribution in [3.8, 4) is 0 Å². The van der Waals surface area contributed by atoms with Crippen molar-refractivity contribution in [3.63, 3.8) is 0 Å². The van der Waals surface area contributed by atoms with E-state index in [4.69, 9.17) is 9.84 Å². The van der Waals surface area contributed by atoms with Crippen molar-refractivity contribution in [3.05, 3.63) is 29.5 Å². The Balaban J connectivity index is 2.29. The van der Waals surface area contributed by atoms with Crippen LogP contribution in [-0.4, -0.2) is 27.8 Å². The van der Waals surface area contributed by atoms with Crippen molar-refractivity contribution in [2.24, 2.45) is 0 Å². The molecule has 0 aliphatic heterocycles. The van der Waals surface area contributed by atoms with E-state index in [9.17, 15) is 9.59 Å². The number of H-pyrrole nitrogens is 1. The number of hydrogen-bond donors (Lipinski definition) is 3. The van der Waals surface area contributed by atoms with Crippen LogP contribution < -0.4 is 5.32 Å². The average Bonchev–Trinajstić information content (AvgIpc) is 2.64. The maximum atomic E-state index is 11.7. The quantitative estimate of drug-likeness (QED) is 0.789. The molecule has 6 nitrogen and oxygen atoms in total. The van der Waals surface area contributed by atoms with Crippen molar-refractivity contribution >= 4 is 28.7 Å². The summed E-state index contributed by atoms with van der Waals surface area (Å²) in [5, 5.41) is 12.5. The summed E-state index contributed by atoms with van der Waals surface area (Å²) in [6.07, 6.45) is -0.548. The molecule has 0 aliphatic rings. The number of carbonyl (C=O) groups excluding carboxylic acids is 1. The Hall–Kier alpha value is -2.50. The van der Waals surface area contributed by atoms with Gasteiger partial charge in [-0.15, -0.1) is 0 Å². The van der Waals surface area contributed by atoms with E-state index in [0.29, 0.717) is 16.8 Å². The first-order valence-corrected chi connectivity index (χ1v) is 6.53. The highest BCUT2D eigenvalue weighted by Crippen LogP contribution is 2.25. The van der Waals surface area contributed by atoms with Gasteiger partial charge in [0.05, 0.1) is 0 Å². The van der Waals surface area contributed by atoms with E-state index < -0.39 is 17.7 Å². The fourth-order valence-corrected chi connectivity index (χ4v) is 2.04. The van der Waals surface area contributed by atoms with Gasteiger partial charge in [0.2, 0.25) is 0 Å². The number of carboxylic acids is 1. The fourth-order valence-electron chi connectivity index (χ4n) is 2.04. The number of hydrogen-bond acceptors (Lipinski definition) is 3. The number of aryl methyl sites for hydroxylation is 1. The molecule has 21 heavy (non-hydrogen) atoms. The van der Waals surface area contributed by atoms with Crippen molar-refractivity contribution in [2.45, 2.75) is 33.3 Å². The minimum absolute atomic E-state index is 0.152. The summed E-state index contributed by atoms with van der Waals surface area (Å²) < 4.78 is 5.18. The largest absolute Gasteiger partial charge is 0.477 e. The smallest absolute Gasteiger partial charge is 0.412 e.